The molecule has 4 heterocycles. The van der Waals surface area contributed by atoms with Crippen molar-refractivity contribution in [3.05, 3.63) is 22.6 Å². The molecule has 3 aromatic heterocycles. The van der Waals surface area contributed by atoms with E-state index in [-0.39, 0.29) is 0 Å². The van der Waals surface area contributed by atoms with Crippen LogP contribution in [0, 0.1) is 5.41 Å². The first kappa shape index (κ1) is 15.8. The van der Waals surface area contributed by atoms with Crippen molar-refractivity contribution in [2.45, 2.75) is 46.0 Å². The third-order valence-electron chi connectivity index (χ3n) is 5.67. The Bertz CT molecular complexity index is 988. The lowest BCUT2D eigenvalue weighted by molar-refractivity contribution is 0.316. The number of thiophene rings is 1. The highest BCUT2D eigenvalue weighted by Gasteiger charge is 2.32. The van der Waals surface area contributed by atoms with E-state index in [4.69, 9.17) is 16.6 Å². The van der Waals surface area contributed by atoms with Crippen LogP contribution >= 0.6 is 22.9 Å². The minimum Gasteiger partial charge on any atom is -0.356 e. The van der Waals surface area contributed by atoms with Gasteiger partial charge in [0.1, 0.15) is 22.1 Å². The SMILES string of the molecule is CC1(C)CCc2c(N3CCCC3)nc3sc4c(Cl)ncnc4c3c2C1. The lowest BCUT2D eigenvalue weighted by atomic mass is 9.73. The van der Waals surface area contributed by atoms with Crippen LogP contribution in [0.2, 0.25) is 5.15 Å². The summed E-state index contributed by atoms with van der Waals surface area (Å²) < 4.78 is 0.968. The molecule has 0 radical (unpaired) electrons. The van der Waals surface area contributed by atoms with E-state index in [2.05, 4.69) is 28.7 Å². The van der Waals surface area contributed by atoms with Crippen LogP contribution < -0.4 is 4.90 Å². The summed E-state index contributed by atoms with van der Waals surface area (Å²) >= 11 is 8.00. The van der Waals surface area contributed by atoms with Gasteiger partial charge in [0, 0.05) is 18.5 Å². The Labute approximate surface area is 156 Å². The molecule has 1 aliphatic heterocycles. The fourth-order valence-corrected chi connectivity index (χ4v) is 5.63. The fourth-order valence-electron chi connectivity index (χ4n) is 4.35. The number of aromatic nitrogens is 3. The van der Waals surface area contributed by atoms with Crippen molar-refractivity contribution in [2.75, 3.05) is 18.0 Å². The maximum absolute atomic E-state index is 6.36. The summed E-state index contributed by atoms with van der Waals surface area (Å²) in [4.78, 5) is 17.4. The number of fused-ring (bicyclic) bond motifs is 5. The Morgan fingerprint density at radius 2 is 1.96 bits per heavy atom. The highest BCUT2D eigenvalue weighted by molar-refractivity contribution is 7.26. The zero-order valence-electron chi connectivity index (χ0n) is 14.6. The Kier molecular flexibility index (Phi) is 3.48. The van der Waals surface area contributed by atoms with Gasteiger partial charge in [0.15, 0.2) is 0 Å². The molecule has 1 saturated heterocycles. The van der Waals surface area contributed by atoms with Crippen LogP contribution in [0.15, 0.2) is 6.33 Å². The third kappa shape index (κ3) is 2.43. The Balaban J connectivity index is 1.86. The van der Waals surface area contributed by atoms with Crippen molar-refractivity contribution in [3.63, 3.8) is 0 Å². The Morgan fingerprint density at radius 1 is 1.16 bits per heavy atom. The summed E-state index contributed by atoms with van der Waals surface area (Å²) in [6.07, 6.45) is 7.51. The maximum atomic E-state index is 6.36. The van der Waals surface area contributed by atoms with Gasteiger partial charge in [-0.05, 0) is 48.6 Å². The van der Waals surface area contributed by atoms with Gasteiger partial charge in [0.2, 0.25) is 0 Å². The highest BCUT2D eigenvalue weighted by atomic mass is 35.5. The van der Waals surface area contributed by atoms with Crippen molar-refractivity contribution < 1.29 is 0 Å². The smallest absolute Gasteiger partial charge is 0.150 e. The molecule has 0 amide bonds. The van der Waals surface area contributed by atoms with E-state index < -0.39 is 0 Å². The molecule has 1 fully saturated rings. The second-order valence-electron chi connectivity index (χ2n) is 8.05. The van der Waals surface area contributed by atoms with Gasteiger partial charge in [-0.25, -0.2) is 15.0 Å². The molecular weight excluding hydrogens is 352 g/mol. The molecule has 0 atom stereocenters. The molecule has 2 aliphatic rings. The van der Waals surface area contributed by atoms with Crippen LogP contribution in [0.25, 0.3) is 20.4 Å². The molecule has 0 bridgehead atoms. The molecule has 130 valence electrons. The minimum atomic E-state index is 0.314. The first-order valence-electron chi connectivity index (χ1n) is 9.03. The van der Waals surface area contributed by atoms with Gasteiger partial charge in [-0.3, -0.25) is 0 Å². The number of pyridine rings is 1. The first-order valence-corrected chi connectivity index (χ1v) is 10.2. The quantitative estimate of drug-likeness (QED) is 0.563. The summed E-state index contributed by atoms with van der Waals surface area (Å²) in [6.45, 7) is 6.99. The van der Waals surface area contributed by atoms with Crippen molar-refractivity contribution in [2.24, 2.45) is 5.41 Å². The number of hydrogen-bond donors (Lipinski definition) is 0. The van der Waals surface area contributed by atoms with Crippen LogP contribution in [0.4, 0.5) is 5.82 Å². The van der Waals surface area contributed by atoms with Gasteiger partial charge in [0.25, 0.3) is 0 Å². The van der Waals surface area contributed by atoms with Gasteiger partial charge in [-0.2, -0.15) is 0 Å². The summed E-state index contributed by atoms with van der Waals surface area (Å²) in [5.41, 5.74) is 4.19. The normalized spacial score (nSPS) is 19.7. The predicted octanol–water partition coefficient (Wildman–Crippen LogP) is 5.01. The maximum Gasteiger partial charge on any atom is 0.150 e. The molecule has 0 N–H and O–H groups in total. The molecule has 3 aromatic rings. The first-order chi connectivity index (χ1) is 12.0. The van der Waals surface area contributed by atoms with E-state index in [0.717, 1.165) is 41.0 Å². The lowest BCUT2D eigenvalue weighted by Crippen LogP contribution is -2.27. The summed E-state index contributed by atoms with van der Waals surface area (Å²) in [6, 6.07) is 0. The fraction of sp³-hybridized carbons (Fsp3) is 0.526. The standard InChI is InChI=1S/C19H21ClN4S/c1-19(2)6-5-11-12(9-19)13-14-15(16(20)22-10-21-14)25-18(13)23-17(11)24-7-3-4-8-24/h10H,3-9H2,1-2H3. The zero-order valence-corrected chi connectivity index (χ0v) is 16.2. The van der Waals surface area contributed by atoms with Gasteiger partial charge in [-0.15, -0.1) is 11.3 Å². The summed E-state index contributed by atoms with van der Waals surface area (Å²) in [7, 11) is 0. The summed E-state index contributed by atoms with van der Waals surface area (Å²) in [5, 5.41) is 1.76. The van der Waals surface area contributed by atoms with E-state index in [0.29, 0.717) is 10.6 Å². The van der Waals surface area contributed by atoms with E-state index >= 15 is 0 Å². The molecule has 0 spiro atoms. The molecule has 6 heteroatoms. The van der Waals surface area contributed by atoms with E-state index in [1.54, 1.807) is 17.7 Å². The minimum absolute atomic E-state index is 0.314. The summed E-state index contributed by atoms with van der Waals surface area (Å²) in [5.74, 6) is 1.21. The van der Waals surface area contributed by atoms with Crippen LogP contribution in [0.3, 0.4) is 0 Å². The van der Waals surface area contributed by atoms with Gasteiger partial charge < -0.3 is 4.90 Å². The highest BCUT2D eigenvalue weighted by Crippen LogP contribution is 2.46. The number of halogens is 1. The van der Waals surface area contributed by atoms with Crippen LogP contribution in [0.1, 0.15) is 44.2 Å². The van der Waals surface area contributed by atoms with Crippen molar-refractivity contribution >= 4 is 49.2 Å². The van der Waals surface area contributed by atoms with Crippen molar-refractivity contribution in [1.82, 2.24) is 15.0 Å². The molecule has 4 nitrogen and oxygen atoms in total. The topological polar surface area (TPSA) is 41.9 Å². The molecule has 0 saturated carbocycles. The van der Waals surface area contributed by atoms with Crippen LogP contribution in [-0.2, 0) is 12.8 Å². The lowest BCUT2D eigenvalue weighted by Gasteiger charge is -2.34. The van der Waals surface area contributed by atoms with Gasteiger partial charge in [-0.1, -0.05) is 25.4 Å². The van der Waals surface area contributed by atoms with Gasteiger partial charge in [0.05, 0.1) is 10.2 Å². The van der Waals surface area contributed by atoms with Crippen LogP contribution in [0.5, 0.6) is 0 Å². The molecule has 25 heavy (non-hydrogen) atoms. The average molecular weight is 373 g/mol. The number of hydrogen-bond acceptors (Lipinski definition) is 5. The molecular formula is C19H21ClN4S. The third-order valence-corrected chi connectivity index (χ3v) is 7.14. The van der Waals surface area contributed by atoms with E-state index in [1.165, 1.54) is 41.6 Å². The van der Waals surface area contributed by atoms with E-state index in [1.807, 2.05) is 0 Å². The monoisotopic (exact) mass is 372 g/mol. The zero-order chi connectivity index (χ0) is 17.2. The van der Waals surface area contributed by atoms with Gasteiger partial charge >= 0.3 is 0 Å². The second kappa shape index (κ2) is 5.52. The Morgan fingerprint density at radius 3 is 2.76 bits per heavy atom. The van der Waals surface area contributed by atoms with E-state index in [9.17, 15) is 0 Å². The predicted molar refractivity (Wildman–Crippen MR) is 105 cm³/mol. The average Bonchev–Trinajstić information content (AvgIpc) is 3.21. The number of anilines is 1. The van der Waals surface area contributed by atoms with Crippen molar-refractivity contribution in [3.8, 4) is 0 Å². The Hall–Kier alpha value is -1.46. The molecule has 1 aliphatic carbocycles. The number of nitrogens with zero attached hydrogens (tertiary/aromatic N) is 4. The second-order valence-corrected chi connectivity index (χ2v) is 9.41. The van der Waals surface area contributed by atoms with Crippen molar-refractivity contribution in [1.29, 1.82) is 0 Å². The number of rotatable bonds is 1. The molecule has 5 rings (SSSR count). The van der Waals surface area contributed by atoms with Crippen LogP contribution in [-0.4, -0.2) is 28.0 Å². The largest absolute Gasteiger partial charge is 0.356 e. The molecule has 0 unspecified atom stereocenters. The molecule has 0 aromatic carbocycles.